The first-order valence-corrected chi connectivity index (χ1v) is 4.12. The minimum Gasteiger partial charge on any atom is -0.392 e. The molecule has 0 amide bonds. The minimum absolute atomic E-state index is 0.0631. The zero-order valence-electron chi connectivity index (χ0n) is 6.81. The van der Waals surface area contributed by atoms with Crippen molar-refractivity contribution in [3.05, 3.63) is 18.0 Å². The lowest BCUT2D eigenvalue weighted by Gasteiger charge is -2.06. The molecule has 0 aromatic carbocycles. The van der Waals surface area contributed by atoms with E-state index in [4.69, 9.17) is 9.84 Å². The summed E-state index contributed by atoms with van der Waals surface area (Å²) in [6, 6.07) is 0.366. The van der Waals surface area contributed by atoms with Crippen molar-refractivity contribution in [1.82, 2.24) is 9.78 Å². The summed E-state index contributed by atoms with van der Waals surface area (Å²) in [6.07, 6.45) is 4.59. The van der Waals surface area contributed by atoms with Gasteiger partial charge in [0.05, 0.1) is 25.5 Å². The lowest BCUT2D eigenvalue weighted by molar-refractivity contribution is 0.184. The summed E-state index contributed by atoms with van der Waals surface area (Å²) in [5, 5.41) is 13.0. The fraction of sp³-hybridized carbons (Fsp3) is 0.625. The summed E-state index contributed by atoms with van der Waals surface area (Å²) >= 11 is 0. The molecule has 0 saturated carbocycles. The SMILES string of the molecule is OCc1cnn([C@H]2CCOC2)c1. The zero-order valence-corrected chi connectivity index (χ0v) is 6.81. The van der Waals surface area contributed by atoms with Gasteiger partial charge in [-0.25, -0.2) is 0 Å². The van der Waals surface area contributed by atoms with Crippen LogP contribution in [0.3, 0.4) is 0 Å². The van der Waals surface area contributed by atoms with Crippen molar-refractivity contribution in [2.45, 2.75) is 19.1 Å². The highest BCUT2D eigenvalue weighted by atomic mass is 16.5. The first-order chi connectivity index (χ1) is 5.90. The Bertz CT molecular complexity index is 253. The Kier molecular flexibility index (Phi) is 2.10. The predicted octanol–water partition coefficient (Wildman–Crippen LogP) is 0.337. The third-order valence-corrected chi connectivity index (χ3v) is 2.12. The number of aliphatic hydroxyl groups is 1. The molecule has 12 heavy (non-hydrogen) atoms. The highest BCUT2D eigenvalue weighted by Crippen LogP contribution is 2.17. The van der Waals surface area contributed by atoms with Crippen LogP contribution in [0.1, 0.15) is 18.0 Å². The van der Waals surface area contributed by atoms with Crippen LogP contribution < -0.4 is 0 Å². The first-order valence-electron chi connectivity index (χ1n) is 4.12. The molecule has 0 radical (unpaired) electrons. The average molecular weight is 168 g/mol. The van der Waals surface area contributed by atoms with Crippen molar-refractivity contribution in [3.63, 3.8) is 0 Å². The van der Waals surface area contributed by atoms with E-state index >= 15 is 0 Å². The molecule has 4 heteroatoms. The van der Waals surface area contributed by atoms with Crippen molar-refractivity contribution in [2.24, 2.45) is 0 Å². The van der Waals surface area contributed by atoms with Crippen LogP contribution in [0.2, 0.25) is 0 Å². The van der Waals surface area contributed by atoms with E-state index < -0.39 is 0 Å². The normalized spacial score (nSPS) is 23.2. The van der Waals surface area contributed by atoms with Gasteiger partial charge in [-0.2, -0.15) is 5.10 Å². The number of aromatic nitrogens is 2. The summed E-state index contributed by atoms with van der Waals surface area (Å²) in [4.78, 5) is 0. The minimum atomic E-state index is 0.0631. The molecule has 1 aromatic heterocycles. The predicted molar refractivity (Wildman–Crippen MR) is 42.6 cm³/mol. The van der Waals surface area contributed by atoms with E-state index in [1.807, 2.05) is 10.9 Å². The molecule has 1 aliphatic rings. The smallest absolute Gasteiger partial charge is 0.0774 e. The van der Waals surface area contributed by atoms with Gasteiger partial charge >= 0.3 is 0 Å². The molecule has 66 valence electrons. The summed E-state index contributed by atoms with van der Waals surface area (Å²) in [7, 11) is 0. The van der Waals surface area contributed by atoms with Crippen LogP contribution in [0.25, 0.3) is 0 Å². The van der Waals surface area contributed by atoms with Gasteiger partial charge in [-0.15, -0.1) is 0 Å². The quantitative estimate of drug-likeness (QED) is 0.692. The van der Waals surface area contributed by atoms with E-state index in [2.05, 4.69) is 5.10 Å². The summed E-state index contributed by atoms with van der Waals surface area (Å²) in [6.45, 7) is 1.62. The van der Waals surface area contributed by atoms with Gasteiger partial charge in [0.15, 0.2) is 0 Å². The van der Waals surface area contributed by atoms with E-state index in [0.717, 1.165) is 25.2 Å². The third kappa shape index (κ3) is 1.35. The monoisotopic (exact) mass is 168 g/mol. The molecule has 1 saturated heterocycles. The van der Waals surface area contributed by atoms with Crippen molar-refractivity contribution < 1.29 is 9.84 Å². The van der Waals surface area contributed by atoms with E-state index in [9.17, 15) is 0 Å². The second-order valence-corrected chi connectivity index (χ2v) is 3.00. The lowest BCUT2D eigenvalue weighted by atomic mass is 10.3. The van der Waals surface area contributed by atoms with E-state index in [1.54, 1.807) is 6.20 Å². The highest BCUT2D eigenvalue weighted by molar-refractivity contribution is 5.02. The number of rotatable bonds is 2. The van der Waals surface area contributed by atoms with Crippen LogP contribution in [0.4, 0.5) is 0 Å². The maximum atomic E-state index is 8.81. The molecule has 2 rings (SSSR count). The van der Waals surface area contributed by atoms with Crippen molar-refractivity contribution in [2.75, 3.05) is 13.2 Å². The Morgan fingerprint density at radius 2 is 2.67 bits per heavy atom. The number of hydrogen-bond donors (Lipinski definition) is 1. The molecule has 1 fully saturated rings. The molecule has 1 atom stereocenters. The molecule has 4 nitrogen and oxygen atoms in total. The third-order valence-electron chi connectivity index (χ3n) is 2.12. The van der Waals surface area contributed by atoms with Crippen molar-refractivity contribution in [3.8, 4) is 0 Å². The molecule has 1 aromatic rings. The van der Waals surface area contributed by atoms with Crippen LogP contribution in [0.5, 0.6) is 0 Å². The Labute approximate surface area is 70.8 Å². The van der Waals surface area contributed by atoms with Gasteiger partial charge in [-0.3, -0.25) is 4.68 Å². The number of aliphatic hydroxyl groups excluding tert-OH is 1. The highest BCUT2D eigenvalue weighted by Gasteiger charge is 2.17. The first kappa shape index (κ1) is 7.76. The van der Waals surface area contributed by atoms with Crippen LogP contribution in [-0.4, -0.2) is 28.1 Å². The summed E-state index contributed by atoms with van der Waals surface area (Å²) in [5.41, 5.74) is 0.863. The van der Waals surface area contributed by atoms with Gasteiger partial charge in [0.25, 0.3) is 0 Å². The van der Waals surface area contributed by atoms with Crippen LogP contribution in [0.15, 0.2) is 12.4 Å². The summed E-state index contributed by atoms with van der Waals surface area (Å²) in [5.74, 6) is 0. The van der Waals surface area contributed by atoms with Crippen LogP contribution in [0, 0.1) is 0 Å². The molecule has 0 unspecified atom stereocenters. The maximum absolute atomic E-state index is 8.81. The van der Waals surface area contributed by atoms with E-state index in [-0.39, 0.29) is 6.61 Å². The Morgan fingerprint density at radius 3 is 3.25 bits per heavy atom. The molecular formula is C8H12N2O2. The fourth-order valence-electron chi connectivity index (χ4n) is 1.39. The van der Waals surface area contributed by atoms with Gasteiger partial charge in [-0.05, 0) is 6.42 Å². The Balaban J connectivity index is 2.11. The van der Waals surface area contributed by atoms with Crippen molar-refractivity contribution >= 4 is 0 Å². The Hall–Kier alpha value is -0.870. The average Bonchev–Trinajstić information content (AvgIpc) is 2.75. The van der Waals surface area contributed by atoms with E-state index in [0.29, 0.717) is 6.04 Å². The molecular weight excluding hydrogens is 156 g/mol. The second kappa shape index (κ2) is 3.25. The molecule has 1 aliphatic heterocycles. The molecule has 2 heterocycles. The number of ether oxygens (including phenoxy) is 1. The molecule has 0 spiro atoms. The van der Waals surface area contributed by atoms with Gasteiger partial charge < -0.3 is 9.84 Å². The number of nitrogens with zero attached hydrogens (tertiary/aromatic N) is 2. The van der Waals surface area contributed by atoms with Gasteiger partial charge in [0.2, 0.25) is 0 Å². The standard InChI is InChI=1S/C8H12N2O2/c11-5-7-3-9-10(4-7)8-1-2-12-6-8/h3-4,8,11H,1-2,5-6H2/t8-/m0/s1. The molecule has 0 aliphatic carbocycles. The van der Waals surface area contributed by atoms with Gasteiger partial charge in [0, 0.05) is 18.4 Å². The number of hydrogen-bond acceptors (Lipinski definition) is 3. The zero-order chi connectivity index (χ0) is 8.39. The summed E-state index contributed by atoms with van der Waals surface area (Å²) < 4.78 is 7.10. The van der Waals surface area contributed by atoms with E-state index in [1.165, 1.54) is 0 Å². The van der Waals surface area contributed by atoms with Gasteiger partial charge in [-0.1, -0.05) is 0 Å². The molecule has 1 N–H and O–H groups in total. The lowest BCUT2D eigenvalue weighted by Crippen LogP contribution is -2.08. The topological polar surface area (TPSA) is 47.3 Å². The van der Waals surface area contributed by atoms with Crippen LogP contribution >= 0.6 is 0 Å². The largest absolute Gasteiger partial charge is 0.392 e. The molecule has 0 bridgehead atoms. The fourth-order valence-corrected chi connectivity index (χ4v) is 1.39. The second-order valence-electron chi connectivity index (χ2n) is 3.00. The maximum Gasteiger partial charge on any atom is 0.0774 e. The van der Waals surface area contributed by atoms with Crippen molar-refractivity contribution in [1.29, 1.82) is 0 Å². The van der Waals surface area contributed by atoms with Crippen LogP contribution in [-0.2, 0) is 11.3 Å². The van der Waals surface area contributed by atoms with Gasteiger partial charge in [0.1, 0.15) is 0 Å². The Morgan fingerprint density at radius 1 is 1.75 bits per heavy atom.